The number of benzene rings is 2. The molecule has 10 nitrogen and oxygen atoms in total. The Morgan fingerprint density at radius 2 is 1.97 bits per heavy atom. The van der Waals surface area contributed by atoms with Crippen molar-refractivity contribution in [2.24, 2.45) is 4.99 Å². The van der Waals surface area contributed by atoms with Gasteiger partial charge in [-0.2, -0.15) is 0 Å². The lowest BCUT2D eigenvalue weighted by Crippen LogP contribution is -2.32. The number of nitrogens with zero attached hydrogens (tertiary/aromatic N) is 3. The highest BCUT2D eigenvalue weighted by Gasteiger charge is 2.14. The Balaban J connectivity index is 1.94. The van der Waals surface area contributed by atoms with Crippen LogP contribution < -0.4 is 16.0 Å². The van der Waals surface area contributed by atoms with Crippen LogP contribution in [0.15, 0.2) is 63.1 Å². The lowest BCUT2D eigenvalue weighted by molar-refractivity contribution is -0.384. The van der Waals surface area contributed by atoms with Gasteiger partial charge in [0, 0.05) is 18.8 Å². The van der Waals surface area contributed by atoms with Gasteiger partial charge in [-0.05, 0) is 18.1 Å². The standard InChI is InChI=1S/C20H18N4O6/c1-30-17-11-14(24(28)29)7-8-16(17)21-12-15-18(25)22-20(27)23(19(15)26)10-9-13-5-3-2-4-6-13/h2-8,11-12,26H,9-10H2,1H3,(H,22,25,27). The molecule has 154 valence electrons. The van der Waals surface area contributed by atoms with Crippen LogP contribution in [0.4, 0.5) is 11.4 Å². The molecule has 0 fully saturated rings. The number of aromatic nitrogens is 2. The molecule has 0 aliphatic rings. The van der Waals surface area contributed by atoms with Gasteiger partial charge in [-0.3, -0.25) is 29.5 Å². The maximum Gasteiger partial charge on any atom is 0.331 e. The van der Waals surface area contributed by atoms with Crippen LogP contribution in [0.2, 0.25) is 0 Å². The van der Waals surface area contributed by atoms with E-state index in [1.54, 1.807) is 0 Å². The van der Waals surface area contributed by atoms with Gasteiger partial charge in [0.2, 0.25) is 5.88 Å². The molecule has 0 aliphatic heterocycles. The first-order valence-corrected chi connectivity index (χ1v) is 8.87. The van der Waals surface area contributed by atoms with E-state index >= 15 is 0 Å². The Bertz CT molecular complexity index is 1210. The van der Waals surface area contributed by atoms with E-state index in [4.69, 9.17) is 4.74 Å². The number of aromatic hydroxyl groups is 1. The van der Waals surface area contributed by atoms with E-state index < -0.39 is 22.1 Å². The Kier molecular flexibility index (Phi) is 6.06. The normalized spacial score (nSPS) is 11.0. The zero-order valence-electron chi connectivity index (χ0n) is 15.9. The first-order valence-electron chi connectivity index (χ1n) is 8.87. The molecule has 2 N–H and O–H groups in total. The summed E-state index contributed by atoms with van der Waals surface area (Å²) in [6, 6.07) is 13.1. The summed E-state index contributed by atoms with van der Waals surface area (Å²) in [6.45, 7) is 0.146. The van der Waals surface area contributed by atoms with Gasteiger partial charge in [0.1, 0.15) is 11.3 Å². The number of ether oxygens (including phenoxy) is 1. The van der Waals surface area contributed by atoms with Crippen molar-refractivity contribution in [2.45, 2.75) is 13.0 Å². The van der Waals surface area contributed by atoms with E-state index in [1.807, 2.05) is 30.3 Å². The third-order valence-corrected chi connectivity index (χ3v) is 4.38. The van der Waals surface area contributed by atoms with E-state index in [9.17, 15) is 24.8 Å². The van der Waals surface area contributed by atoms with Crippen molar-refractivity contribution in [3.63, 3.8) is 0 Å². The third-order valence-electron chi connectivity index (χ3n) is 4.38. The van der Waals surface area contributed by atoms with E-state index in [0.717, 1.165) is 16.3 Å². The molecule has 2 aromatic carbocycles. The summed E-state index contributed by atoms with van der Waals surface area (Å²) < 4.78 is 6.14. The Morgan fingerprint density at radius 3 is 2.63 bits per heavy atom. The molecule has 0 unspecified atom stereocenters. The summed E-state index contributed by atoms with van der Waals surface area (Å²) in [5.74, 6) is -0.405. The number of rotatable bonds is 7. The van der Waals surface area contributed by atoms with Gasteiger partial charge in [-0.1, -0.05) is 30.3 Å². The minimum absolute atomic E-state index is 0.119. The van der Waals surface area contributed by atoms with Crippen LogP contribution in [0, 0.1) is 10.1 Å². The van der Waals surface area contributed by atoms with Crippen LogP contribution in [-0.4, -0.2) is 32.9 Å². The third kappa shape index (κ3) is 4.43. The maximum atomic E-state index is 12.2. The molecule has 0 aliphatic carbocycles. The molecule has 3 aromatic rings. The fraction of sp³-hybridized carbons (Fsp3) is 0.150. The number of hydrogen-bond acceptors (Lipinski definition) is 7. The van der Waals surface area contributed by atoms with E-state index in [-0.39, 0.29) is 29.2 Å². The summed E-state index contributed by atoms with van der Waals surface area (Å²) in [5, 5.41) is 21.4. The highest BCUT2D eigenvalue weighted by molar-refractivity contribution is 5.84. The monoisotopic (exact) mass is 410 g/mol. The molecule has 1 aromatic heterocycles. The molecule has 1 heterocycles. The Hall–Kier alpha value is -4.21. The SMILES string of the molecule is COc1cc([N+](=O)[O-])ccc1N=Cc1c(O)n(CCc2ccccc2)c(=O)[nH]c1=O. The summed E-state index contributed by atoms with van der Waals surface area (Å²) in [7, 11) is 1.33. The second-order valence-corrected chi connectivity index (χ2v) is 6.26. The average molecular weight is 410 g/mol. The van der Waals surface area contributed by atoms with Gasteiger partial charge in [0.25, 0.3) is 11.2 Å². The highest BCUT2D eigenvalue weighted by atomic mass is 16.6. The number of aryl methyl sites for hydroxylation is 1. The number of hydrogen-bond donors (Lipinski definition) is 2. The maximum absolute atomic E-state index is 12.2. The van der Waals surface area contributed by atoms with Gasteiger partial charge >= 0.3 is 5.69 Å². The molecule has 0 saturated heterocycles. The number of nitro benzene ring substituents is 1. The zero-order valence-corrected chi connectivity index (χ0v) is 15.9. The largest absolute Gasteiger partial charge is 0.494 e. The minimum Gasteiger partial charge on any atom is -0.494 e. The predicted octanol–water partition coefficient (Wildman–Crippen LogP) is 2.15. The van der Waals surface area contributed by atoms with Crippen molar-refractivity contribution in [3.8, 4) is 11.6 Å². The van der Waals surface area contributed by atoms with Crippen LogP contribution in [0.5, 0.6) is 11.6 Å². The molecule has 0 spiro atoms. The van der Waals surface area contributed by atoms with Gasteiger partial charge in [-0.15, -0.1) is 0 Å². The first kappa shape index (κ1) is 20.5. The predicted molar refractivity (Wildman–Crippen MR) is 110 cm³/mol. The summed E-state index contributed by atoms with van der Waals surface area (Å²) >= 11 is 0. The quantitative estimate of drug-likeness (QED) is 0.347. The van der Waals surface area contributed by atoms with Crippen molar-refractivity contribution >= 4 is 17.6 Å². The van der Waals surface area contributed by atoms with E-state index in [0.29, 0.717) is 6.42 Å². The molecule has 0 amide bonds. The number of aliphatic imine (C=N–C) groups is 1. The smallest absolute Gasteiger partial charge is 0.331 e. The Morgan fingerprint density at radius 1 is 1.23 bits per heavy atom. The number of nitrogens with one attached hydrogen (secondary N) is 1. The lowest BCUT2D eigenvalue weighted by Gasteiger charge is -2.10. The van der Waals surface area contributed by atoms with Crippen LogP contribution in [-0.2, 0) is 13.0 Å². The zero-order chi connectivity index (χ0) is 21.7. The van der Waals surface area contributed by atoms with Crippen LogP contribution >= 0.6 is 0 Å². The molecule has 0 atom stereocenters. The van der Waals surface area contributed by atoms with Crippen LogP contribution in [0.1, 0.15) is 11.1 Å². The average Bonchev–Trinajstić information content (AvgIpc) is 2.73. The summed E-state index contributed by atoms with van der Waals surface area (Å²) in [5.41, 5.74) is -0.773. The van der Waals surface area contributed by atoms with E-state index in [2.05, 4.69) is 9.98 Å². The number of nitro groups is 1. The molecular weight excluding hydrogens is 392 g/mol. The van der Waals surface area contributed by atoms with Crippen molar-refractivity contribution < 1.29 is 14.8 Å². The molecular formula is C20H18N4O6. The van der Waals surface area contributed by atoms with Crippen molar-refractivity contribution in [3.05, 3.63) is 90.6 Å². The topological polar surface area (TPSA) is 140 Å². The van der Waals surface area contributed by atoms with E-state index in [1.165, 1.54) is 25.3 Å². The summed E-state index contributed by atoms with van der Waals surface area (Å²) in [6.07, 6.45) is 1.55. The number of aromatic amines is 1. The fourth-order valence-electron chi connectivity index (χ4n) is 2.81. The first-order chi connectivity index (χ1) is 14.4. The second kappa shape index (κ2) is 8.86. The van der Waals surface area contributed by atoms with Gasteiger partial charge < -0.3 is 9.84 Å². The molecule has 30 heavy (non-hydrogen) atoms. The van der Waals surface area contributed by atoms with Crippen molar-refractivity contribution in [1.29, 1.82) is 0 Å². The summed E-state index contributed by atoms with van der Waals surface area (Å²) in [4.78, 5) is 40.8. The number of methoxy groups -OCH3 is 1. The number of non-ortho nitro benzene ring substituents is 1. The second-order valence-electron chi connectivity index (χ2n) is 6.26. The molecule has 3 rings (SSSR count). The minimum atomic E-state index is -0.807. The highest BCUT2D eigenvalue weighted by Crippen LogP contribution is 2.31. The molecule has 0 radical (unpaired) electrons. The number of H-pyrrole nitrogens is 1. The van der Waals surface area contributed by atoms with Crippen LogP contribution in [0.25, 0.3) is 0 Å². The van der Waals surface area contributed by atoms with Gasteiger partial charge in [-0.25, -0.2) is 4.79 Å². The van der Waals surface area contributed by atoms with Crippen molar-refractivity contribution in [2.75, 3.05) is 7.11 Å². The van der Waals surface area contributed by atoms with Gasteiger partial charge in [0.15, 0.2) is 5.75 Å². The van der Waals surface area contributed by atoms with Gasteiger partial charge in [0.05, 0.1) is 18.1 Å². The molecule has 0 bridgehead atoms. The molecule has 0 saturated carbocycles. The lowest BCUT2D eigenvalue weighted by atomic mass is 10.1. The van der Waals surface area contributed by atoms with Crippen LogP contribution in [0.3, 0.4) is 0 Å². The fourth-order valence-corrected chi connectivity index (χ4v) is 2.81. The van der Waals surface area contributed by atoms with Crippen molar-refractivity contribution in [1.82, 2.24) is 9.55 Å². The Labute approximate surface area is 169 Å². The molecule has 10 heteroatoms.